The molecule has 22 heavy (non-hydrogen) atoms. The predicted octanol–water partition coefficient (Wildman–Crippen LogP) is 2.62. The van der Waals surface area contributed by atoms with Crippen LogP contribution in [0.5, 0.6) is 0 Å². The summed E-state index contributed by atoms with van der Waals surface area (Å²) in [6.45, 7) is 1.78. The number of halogens is 1. The second kappa shape index (κ2) is 5.81. The van der Waals surface area contributed by atoms with Gasteiger partial charge in [0.15, 0.2) is 5.76 Å². The molecule has 1 aliphatic rings. The first kappa shape index (κ1) is 15.2. The third-order valence-electron chi connectivity index (χ3n) is 3.60. The second-order valence-corrected chi connectivity index (χ2v) is 7.48. The second-order valence-electron chi connectivity index (χ2n) is 5.56. The van der Waals surface area contributed by atoms with E-state index >= 15 is 0 Å². The van der Waals surface area contributed by atoms with E-state index in [-0.39, 0.29) is 24.2 Å². The monoisotopic (exact) mass is 324 g/mol. The van der Waals surface area contributed by atoms with Gasteiger partial charge in [0.25, 0.3) is 0 Å². The number of nitrogens with zero attached hydrogens (tertiary/aromatic N) is 2. The van der Waals surface area contributed by atoms with Gasteiger partial charge in [-0.15, -0.1) is 0 Å². The number of hydrogen-bond donors (Lipinski definition) is 0. The maximum Gasteiger partial charge on any atom is 0.222 e. The fourth-order valence-electron chi connectivity index (χ4n) is 2.36. The van der Waals surface area contributed by atoms with Crippen molar-refractivity contribution >= 4 is 10.0 Å². The van der Waals surface area contributed by atoms with Crippen LogP contribution in [0.2, 0.25) is 0 Å². The van der Waals surface area contributed by atoms with Crippen molar-refractivity contribution in [3.8, 4) is 0 Å². The molecule has 0 saturated heterocycles. The molecule has 7 heteroatoms. The molecule has 1 aromatic carbocycles. The SMILES string of the molecule is Cc1cc(CS(=O)(=O)N(Cc2ccccc2F)C2CC2)on1. The summed E-state index contributed by atoms with van der Waals surface area (Å²) in [4.78, 5) is 0. The van der Waals surface area contributed by atoms with Gasteiger partial charge in [0, 0.05) is 24.2 Å². The Balaban J connectivity index is 1.82. The number of aromatic nitrogens is 1. The minimum atomic E-state index is -3.58. The number of aryl methyl sites for hydroxylation is 1. The van der Waals surface area contributed by atoms with Crippen LogP contribution in [0.3, 0.4) is 0 Å². The lowest BCUT2D eigenvalue weighted by atomic mass is 10.2. The third kappa shape index (κ3) is 3.36. The molecule has 1 fully saturated rings. The number of sulfonamides is 1. The molecule has 5 nitrogen and oxygen atoms in total. The normalized spacial score (nSPS) is 15.4. The third-order valence-corrected chi connectivity index (χ3v) is 5.39. The van der Waals surface area contributed by atoms with Gasteiger partial charge in [-0.2, -0.15) is 4.31 Å². The molecule has 0 N–H and O–H groups in total. The van der Waals surface area contributed by atoms with Crippen molar-refractivity contribution in [3.05, 3.63) is 53.2 Å². The van der Waals surface area contributed by atoms with Crippen LogP contribution in [0.1, 0.15) is 29.9 Å². The van der Waals surface area contributed by atoms with Gasteiger partial charge in [-0.05, 0) is 25.8 Å². The smallest absolute Gasteiger partial charge is 0.222 e. The Kier molecular flexibility index (Phi) is 4.01. The first-order valence-electron chi connectivity index (χ1n) is 7.11. The average molecular weight is 324 g/mol. The lowest BCUT2D eigenvalue weighted by molar-refractivity contribution is 0.370. The standard InChI is InChI=1S/C15H17FN2O3S/c1-11-8-14(21-17-11)10-22(19,20)18(13-6-7-13)9-12-4-2-3-5-15(12)16/h2-5,8,13H,6-7,9-10H2,1H3. The summed E-state index contributed by atoms with van der Waals surface area (Å²) in [5.74, 6) is -0.339. The van der Waals surface area contributed by atoms with Crippen molar-refractivity contribution in [2.75, 3.05) is 0 Å². The molecule has 0 amide bonds. The molecule has 1 aliphatic carbocycles. The zero-order chi connectivity index (χ0) is 15.7. The van der Waals surface area contributed by atoms with Crippen molar-refractivity contribution in [2.45, 2.75) is 38.1 Å². The molecule has 0 atom stereocenters. The summed E-state index contributed by atoms with van der Waals surface area (Å²) in [5, 5.41) is 3.70. The van der Waals surface area contributed by atoms with Gasteiger partial charge >= 0.3 is 0 Å². The fraction of sp³-hybridized carbons (Fsp3) is 0.400. The first-order valence-corrected chi connectivity index (χ1v) is 8.72. The Hall–Kier alpha value is -1.73. The number of hydrogen-bond acceptors (Lipinski definition) is 4. The fourth-order valence-corrected chi connectivity index (χ4v) is 4.02. The Morgan fingerprint density at radius 1 is 1.36 bits per heavy atom. The summed E-state index contributed by atoms with van der Waals surface area (Å²) < 4.78 is 45.4. The highest BCUT2D eigenvalue weighted by Crippen LogP contribution is 2.32. The molecule has 0 aliphatic heterocycles. The van der Waals surface area contributed by atoms with E-state index in [0.29, 0.717) is 17.0 Å². The number of rotatable bonds is 6. The molecule has 0 bridgehead atoms. The van der Waals surface area contributed by atoms with Crippen molar-refractivity contribution in [3.63, 3.8) is 0 Å². The maximum atomic E-state index is 13.8. The Morgan fingerprint density at radius 2 is 2.09 bits per heavy atom. The molecule has 1 heterocycles. The topological polar surface area (TPSA) is 63.4 Å². The zero-order valence-electron chi connectivity index (χ0n) is 12.2. The van der Waals surface area contributed by atoms with Crippen LogP contribution in [-0.4, -0.2) is 23.9 Å². The van der Waals surface area contributed by atoms with Gasteiger partial charge in [-0.1, -0.05) is 23.4 Å². The molecule has 2 aromatic rings. The highest BCUT2D eigenvalue weighted by molar-refractivity contribution is 7.88. The summed E-state index contributed by atoms with van der Waals surface area (Å²) in [6.07, 6.45) is 1.62. The molecule has 0 radical (unpaired) electrons. The quantitative estimate of drug-likeness (QED) is 0.819. The summed E-state index contributed by atoms with van der Waals surface area (Å²) in [6, 6.07) is 7.80. The van der Waals surface area contributed by atoms with Crippen LogP contribution in [-0.2, 0) is 22.3 Å². The zero-order valence-corrected chi connectivity index (χ0v) is 13.0. The van der Waals surface area contributed by atoms with Gasteiger partial charge in [-0.3, -0.25) is 0 Å². The largest absolute Gasteiger partial charge is 0.360 e. The van der Waals surface area contributed by atoms with E-state index in [1.165, 1.54) is 10.4 Å². The van der Waals surface area contributed by atoms with Crippen LogP contribution in [0.15, 0.2) is 34.9 Å². The van der Waals surface area contributed by atoms with Crippen LogP contribution >= 0.6 is 0 Å². The van der Waals surface area contributed by atoms with E-state index in [1.54, 1.807) is 31.2 Å². The summed E-state index contributed by atoms with van der Waals surface area (Å²) in [5.41, 5.74) is 1.02. The number of benzene rings is 1. The van der Waals surface area contributed by atoms with Crippen LogP contribution < -0.4 is 0 Å². The van der Waals surface area contributed by atoms with Crippen molar-refractivity contribution in [1.82, 2.24) is 9.46 Å². The van der Waals surface area contributed by atoms with Crippen LogP contribution in [0, 0.1) is 12.7 Å². The van der Waals surface area contributed by atoms with Crippen LogP contribution in [0.4, 0.5) is 4.39 Å². The Bertz CT molecular complexity index is 769. The van der Waals surface area contributed by atoms with Crippen molar-refractivity contribution < 1.29 is 17.3 Å². The van der Waals surface area contributed by atoms with Gasteiger partial charge in [0.1, 0.15) is 11.6 Å². The minimum Gasteiger partial charge on any atom is -0.360 e. The predicted molar refractivity (Wildman–Crippen MR) is 78.8 cm³/mol. The molecule has 0 spiro atoms. The van der Waals surface area contributed by atoms with E-state index < -0.39 is 10.0 Å². The molecular formula is C15H17FN2O3S. The lowest BCUT2D eigenvalue weighted by Gasteiger charge is -2.21. The van der Waals surface area contributed by atoms with E-state index in [0.717, 1.165) is 12.8 Å². The van der Waals surface area contributed by atoms with Crippen molar-refractivity contribution in [1.29, 1.82) is 0 Å². The molecule has 118 valence electrons. The first-order chi connectivity index (χ1) is 10.5. The molecule has 0 unspecified atom stereocenters. The average Bonchev–Trinajstić information content (AvgIpc) is 3.21. The summed E-state index contributed by atoms with van der Waals surface area (Å²) >= 11 is 0. The Morgan fingerprint density at radius 3 is 2.68 bits per heavy atom. The van der Waals surface area contributed by atoms with Gasteiger partial charge in [-0.25, -0.2) is 12.8 Å². The van der Waals surface area contributed by atoms with Crippen molar-refractivity contribution in [2.24, 2.45) is 0 Å². The minimum absolute atomic E-state index is 0.0476. The summed E-state index contributed by atoms with van der Waals surface area (Å²) in [7, 11) is -3.58. The van der Waals surface area contributed by atoms with E-state index in [4.69, 9.17) is 4.52 Å². The van der Waals surface area contributed by atoms with Gasteiger partial charge in [0.2, 0.25) is 10.0 Å². The molecule has 1 aromatic heterocycles. The van der Waals surface area contributed by atoms with E-state index in [1.807, 2.05) is 0 Å². The van der Waals surface area contributed by atoms with Crippen LogP contribution in [0.25, 0.3) is 0 Å². The maximum absolute atomic E-state index is 13.8. The highest BCUT2D eigenvalue weighted by Gasteiger charge is 2.38. The highest BCUT2D eigenvalue weighted by atomic mass is 32.2. The molecule has 3 rings (SSSR count). The molecule has 1 saturated carbocycles. The van der Waals surface area contributed by atoms with E-state index in [2.05, 4.69) is 5.16 Å². The Labute approximate surface area is 128 Å². The van der Waals surface area contributed by atoms with Gasteiger partial charge in [0.05, 0.1) is 5.69 Å². The lowest BCUT2D eigenvalue weighted by Crippen LogP contribution is -2.33. The van der Waals surface area contributed by atoms with Gasteiger partial charge < -0.3 is 4.52 Å². The van der Waals surface area contributed by atoms with E-state index in [9.17, 15) is 12.8 Å². The molecular weight excluding hydrogens is 307 g/mol.